The van der Waals surface area contributed by atoms with Gasteiger partial charge in [0.1, 0.15) is 31.1 Å². The average Bonchev–Trinajstić information content (AvgIpc) is 3.55. The highest BCUT2D eigenvalue weighted by atomic mass is 16.6. The van der Waals surface area contributed by atoms with Gasteiger partial charge in [0.15, 0.2) is 11.5 Å². The summed E-state index contributed by atoms with van der Waals surface area (Å²) in [7, 11) is 3.23. The smallest absolute Gasteiger partial charge is 0.410 e. The lowest BCUT2D eigenvalue weighted by atomic mass is 9.98. The van der Waals surface area contributed by atoms with Crippen molar-refractivity contribution in [2.75, 3.05) is 66.8 Å². The predicted octanol–water partition coefficient (Wildman–Crippen LogP) is 7.44. The highest BCUT2D eigenvalue weighted by molar-refractivity contribution is 5.82. The molecule has 2 atom stereocenters. The molecule has 0 spiro atoms. The Balaban J connectivity index is 1.05. The third-order valence-corrected chi connectivity index (χ3v) is 10.8. The van der Waals surface area contributed by atoms with Crippen LogP contribution in [-0.4, -0.2) is 94.7 Å². The molecule has 10 nitrogen and oxygen atoms in total. The standard InChI is InChI=1S/C44H50N2O8/c1-49-41-20-18-31(28-42(41)50-2)17-19-40(32-10-9-11-33(29-32)52-27-24-45-22-25-51-26-23-45)54-43(47)39-16-7-8-21-46(39)44(48)53-30-38-36-14-5-3-12-34(36)35-13-4-6-15-37(35)38/h3-6,9-15,18,20,28-29,38-40H,7-8,16-17,19,21-27,30H2,1-2H3/t39?,40-/m1/s1. The molecule has 0 saturated carbocycles. The third kappa shape index (κ3) is 8.66. The van der Waals surface area contributed by atoms with Gasteiger partial charge in [-0.1, -0.05) is 66.7 Å². The number of ether oxygens (including phenoxy) is 6. The number of carbonyl (C=O) groups is 2. The van der Waals surface area contributed by atoms with Gasteiger partial charge < -0.3 is 28.4 Å². The Kier molecular flexibility index (Phi) is 12.3. The molecule has 7 rings (SSSR count). The second-order valence-electron chi connectivity index (χ2n) is 14.0. The van der Waals surface area contributed by atoms with Crippen molar-refractivity contribution in [3.8, 4) is 28.4 Å². The summed E-state index contributed by atoms with van der Waals surface area (Å²) in [5, 5.41) is 0. The Hall–Kier alpha value is -5.06. The van der Waals surface area contributed by atoms with Crippen LogP contribution in [0.1, 0.15) is 60.0 Å². The highest BCUT2D eigenvalue weighted by Gasteiger charge is 2.37. The van der Waals surface area contributed by atoms with Gasteiger partial charge in [0.05, 0.1) is 27.4 Å². The molecule has 2 aliphatic heterocycles. The zero-order valence-corrected chi connectivity index (χ0v) is 31.2. The van der Waals surface area contributed by atoms with Gasteiger partial charge in [0, 0.05) is 32.1 Å². The minimum atomic E-state index is -0.745. The van der Waals surface area contributed by atoms with E-state index in [2.05, 4.69) is 29.2 Å². The summed E-state index contributed by atoms with van der Waals surface area (Å²) < 4.78 is 35.0. The lowest BCUT2D eigenvalue weighted by Crippen LogP contribution is -2.49. The van der Waals surface area contributed by atoms with Crippen molar-refractivity contribution in [3.63, 3.8) is 0 Å². The molecule has 0 N–H and O–H groups in total. The van der Waals surface area contributed by atoms with Gasteiger partial charge in [-0.2, -0.15) is 0 Å². The first-order valence-electron chi connectivity index (χ1n) is 19.1. The second kappa shape index (κ2) is 17.8. The molecule has 2 saturated heterocycles. The fourth-order valence-corrected chi connectivity index (χ4v) is 7.84. The summed E-state index contributed by atoms with van der Waals surface area (Å²) in [4.78, 5) is 31.8. The largest absolute Gasteiger partial charge is 0.493 e. The summed E-state index contributed by atoms with van der Waals surface area (Å²) >= 11 is 0. The van der Waals surface area contributed by atoms with Crippen LogP contribution in [0, 0.1) is 0 Å². The number of nitrogens with zero attached hydrogens (tertiary/aromatic N) is 2. The molecular weight excluding hydrogens is 684 g/mol. The van der Waals surface area contributed by atoms with E-state index in [9.17, 15) is 9.59 Å². The number of rotatable bonds is 14. The van der Waals surface area contributed by atoms with Crippen molar-refractivity contribution in [3.05, 3.63) is 113 Å². The normalized spacial score (nSPS) is 17.6. The third-order valence-electron chi connectivity index (χ3n) is 10.8. The average molecular weight is 735 g/mol. The fraction of sp³-hybridized carbons (Fsp3) is 0.409. The molecule has 1 amide bonds. The molecule has 0 radical (unpaired) electrons. The molecule has 0 bridgehead atoms. The van der Waals surface area contributed by atoms with Gasteiger partial charge in [0.2, 0.25) is 0 Å². The Morgan fingerprint density at radius 2 is 1.56 bits per heavy atom. The molecular formula is C44H50N2O8. The van der Waals surface area contributed by atoms with Crippen molar-refractivity contribution in [2.24, 2.45) is 0 Å². The van der Waals surface area contributed by atoms with E-state index in [0.29, 0.717) is 49.7 Å². The number of hydrogen-bond donors (Lipinski definition) is 0. The van der Waals surface area contributed by atoms with Gasteiger partial charge in [-0.25, -0.2) is 9.59 Å². The van der Waals surface area contributed by atoms with Crippen LogP contribution in [0.4, 0.5) is 4.79 Å². The van der Waals surface area contributed by atoms with Gasteiger partial charge in [-0.05, 0) is 89.8 Å². The summed E-state index contributed by atoms with van der Waals surface area (Å²) in [5.74, 6) is 1.50. The Morgan fingerprint density at radius 3 is 2.30 bits per heavy atom. The number of carbonyl (C=O) groups excluding carboxylic acids is 2. The van der Waals surface area contributed by atoms with Crippen molar-refractivity contribution in [1.82, 2.24) is 9.80 Å². The van der Waals surface area contributed by atoms with Crippen molar-refractivity contribution in [2.45, 2.75) is 50.2 Å². The quantitative estimate of drug-likeness (QED) is 0.123. The first-order chi connectivity index (χ1) is 26.5. The van der Waals surface area contributed by atoms with E-state index >= 15 is 0 Å². The van der Waals surface area contributed by atoms with E-state index in [1.165, 1.54) is 11.1 Å². The van der Waals surface area contributed by atoms with Crippen LogP contribution < -0.4 is 14.2 Å². The number of fused-ring (bicyclic) bond motifs is 3. The second-order valence-corrected chi connectivity index (χ2v) is 14.0. The first-order valence-corrected chi connectivity index (χ1v) is 19.1. The number of piperidine rings is 1. The number of amides is 1. The topological polar surface area (TPSA) is 96.0 Å². The maximum atomic E-state index is 14.2. The van der Waals surface area contributed by atoms with Gasteiger partial charge >= 0.3 is 12.1 Å². The summed E-state index contributed by atoms with van der Waals surface area (Å²) in [6.45, 7) is 5.23. The van der Waals surface area contributed by atoms with Crippen LogP contribution in [-0.2, 0) is 25.4 Å². The lowest BCUT2D eigenvalue weighted by Gasteiger charge is -2.34. The van der Waals surface area contributed by atoms with Crippen LogP contribution >= 0.6 is 0 Å². The van der Waals surface area contributed by atoms with Gasteiger partial charge in [-0.15, -0.1) is 0 Å². The summed E-state index contributed by atoms with van der Waals surface area (Å²) in [6.07, 6.45) is 2.17. The van der Waals surface area contributed by atoms with Gasteiger partial charge in [0.25, 0.3) is 0 Å². The van der Waals surface area contributed by atoms with E-state index in [4.69, 9.17) is 28.4 Å². The molecule has 54 heavy (non-hydrogen) atoms. The summed E-state index contributed by atoms with van der Waals surface area (Å²) in [6, 6.07) is 29.4. The van der Waals surface area contributed by atoms with Gasteiger partial charge in [-0.3, -0.25) is 9.80 Å². The Morgan fingerprint density at radius 1 is 0.815 bits per heavy atom. The minimum Gasteiger partial charge on any atom is -0.493 e. The first kappa shape index (κ1) is 37.3. The fourth-order valence-electron chi connectivity index (χ4n) is 7.84. The van der Waals surface area contributed by atoms with Crippen LogP contribution in [0.2, 0.25) is 0 Å². The van der Waals surface area contributed by atoms with Crippen LogP contribution in [0.15, 0.2) is 91.0 Å². The van der Waals surface area contributed by atoms with Crippen molar-refractivity contribution >= 4 is 12.1 Å². The Labute approximate surface area is 317 Å². The van der Waals surface area contributed by atoms with E-state index in [1.807, 2.05) is 66.7 Å². The lowest BCUT2D eigenvalue weighted by molar-refractivity contribution is -0.157. The monoisotopic (exact) mass is 734 g/mol. The molecule has 10 heteroatoms. The molecule has 1 unspecified atom stereocenters. The van der Waals surface area contributed by atoms with E-state index in [-0.39, 0.29) is 12.5 Å². The molecule has 3 aliphatic rings. The molecule has 4 aromatic rings. The van der Waals surface area contributed by atoms with Crippen LogP contribution in [0.25, 0.3) is 11.1 Å². The molecule has 2 heterocycles. The van der Waals surface area contributed by atoms with Crippen molar-refractivity contribution in [1.29, 1.82) is 0 Å². The maximum Gasteiger partial charge on any atom is 0.410 e. The predicted molar refractivity (Wildman–Crippen MR) is 205 cm³/mol. The molecule has 284 valence electrons. The number of hydrogen-bond acceptors (Lipinski definition) is 9. The number of morpholine rings is 1. The SMILES string of the molecule is COc1ccc(CC[C@@H](OC(=O)C2CCCCN2C(=O)OCC2c3ccccc3-c3ccccc32)c2cccc(OCCN3CCOCC3)c2)cc1OC. The van der Waals surface area contributed by atoms with Crippen LogP contribution in [0.3, 0.4) is 0 Å². The number of benzene rings is 4. The zero-order chi connectivity index (χ0) is 37.3. The Bertz CT molecular complexity index is 1850. The maximum absolute atomic E-state index is 14.2. The minimum absolute atomic E-state index is 0.0686. The number of methoxy groups -OCH3 is 2. The number of esters is 1. The number of likely N-dealkylation sites (tertiary alicyclic amines) is 1. The highest BCUT2D eigenvalue weighted by Crippen LogP contribution is 2.44. The van der Waals surface area contributed by atoms with Crippen LogP contribution in [0.5, 0.6) is 17.2 Å². The molecule has 0 aromatic heterocycles. The number of aryl methyl sites for hydroxylation is 1. The molecule has 1 aliphatic carbocycles. The van der Waals surface area contributed by atoms with Crippen molar-refractivity contribution < 1.29 is 38.0 Å². The molecule has 4 aromatic carbocycles. The van der Waals surface area contributed by atoms with E-state index < -0.39 is 24.2 Å². The van der Waals surface area contributed by atoms with E-state index in [1.54, 1.807) is 19.1 Å². The molecule has 2 fully saturated rings. The zero-order valence-electron chi connectivity index (χ0n) is 31.2. The van der Waals surface area contributed by atoms with E-state index in [0.717, 1.165) is 67.9 Å². The summed E-state index contributed by atoms with van der Waals surface area (Å²) in [5.41, 5.74) is 6.47.